The summed E-state index contributed by atoms with van der Waals surface area (Å²) in [5.74, 6) is 0. The highest BCUT2D eigenvalue weighted by atomic mass is 16.4. The van der Waals surface area contributed by atoms with Gasteiger partial charge < -0.3 is 20.1 Å². The standard InChI is InChI=1S/C5H10O4/c6-2-1-4(8)5(9)3-7/h2,4-5,7-9H,1,3H2/t4-,5?/m0/s1/i1D/t1-,4-,5?. The number of hydrogen-bond donors (Lipinski definition) is 3. The van der Waals surface area contributed by atoms with Crippen molar-refractivity contribution in [3.05, 3.63) is 0 Å². The average Bonchev–Trinajstić information content (AvgIpc) is 2.00. The van der Waals surface area contributed by atoms with Crippen LogP contribution in [-0.2, 0) is 4.79 Å². The molecule has 4 nitrogen and oxygen atoms in total. The van der Waals surface area contributed by atoms with Crippen molar-refractivity contribution in [2.24, 2.45) is 0 Å². The Labute approximate surface area is 54.1 Å². The second kappa shape index (κ2) is 4.43. The predicted molar refractivity (Wildman–Crippen MR) is 29.8 cm³/mol. The van der Waals surface area contributed by atoms with Gasteiger partial charge in [0.05, 0.1) is 12.7 Å². The Bertz CT molecular complexity index is 108. The highest BCUT2D eigenvalue weighted by molar-refractivity contribution is 5.50. The number of carbonyl (C=O) groups excluding carboxylic acids is 1. The first-order chi connectivity index (χ1) is 4.63. The fraction of sp³-hybridized carbons (Fsp3) is 0.800. The molecule has 1 unspecified atom stereocenters. The van der Waals surface area contributed by atoms with Crippen LogP contribution in [0.1, 0.15) is 7.77 Å². The summed E-state index contributed by atoms with van der Waals surface area (Å²) in [4.78, 5) is 9.83. The Morgan fingerprint density at radius 1 is 1.56 bits per heavy atom. The lowest BCUT2D eigenvalue weighted by Gasteiger charge is -2.11. The molecule has 0 amide bonds. The van der Waals surface area contributed by atoms with Crippen molar-refractivity contribution in [2.45, 2.75) is 18.6 Å². The minimum absolute atomic E-state index is 0.198. The summed E-state index contributed by atoms with van der Waals surface area (Å²) in [5.41, 5.74) is 0. The monoisotopic (exact) mass is 135 g/mol. The van der Waals surface area contributed by atoms with E-state index in [2.05, 4.69) is 0 Å². The van der Waals surface area contributed by atoms with Crippen LogP contribution < -0.4 is 0 Å². The van der Waals surface area contributed by atoms with Crippen molar-refractivity contribution >= 4 is 6.29 Å². The number of aliphatic hydroxyl groups excluding tert-OH is 3. The van der Waals surface area contributed by atoms with E-state index in [0.29, 0.717) is 0 Å². The second-order valence-electron chi connectivity index (χ2n) is 1.57. The zero-order valence-corrected chi connectivity index (χ0v) is 4.77. The van der Waals surface area contributed by atoms with E-state index in [0.717, 1.165) is 0 Å². The van der Waals surface area contributed by atoms with Crippen LogP contribution in [0.25, 0.3) is 0 Å². The molecule has 0 bridgehead atoms. The summed E-state index contributed by atoms with van der Waals surface area (Å²) in [7, 11) is 0. The number of aliphatic hydroxyl groups is 3. The second-order valence-corrected chi connectivity index (χ2v) is 1.57. The molecule has 0 saturated carbocycles. The van der Waals surface area contributed by atoms with Crippen LogP contribution in [0, 0.1) is 0 Å². The number of hydrogen-bond acceptors (Lipinski definition) is 4. The number of aldehydes is 1. The molecular formula is C5H10O4. The van der Waals surface area contributed by atoms with E-state index >= 15 is 0 Å². The molecule has 0 heterocycles. The van der Waals surface area contributed by atoms with Crippen LogP contribution >= 0.6 is 0 Å². The van der Waals surface area contributed by atoms with Gasteiger partial charge in [-0.2, -0.15) is 0 Å². The third kappa shape index (κ3) is 3.18. The van der Waals surface area contributed by atoms with Crippen molar-refractivity contribution < 1.29 is 21.5 Å². The van der Waals surface area contributed by atoms with Crippen LogP contribution in [0.3, 0.4) is 0 Å². The van der Waals surface area contributed by atoms with E-state index in [4.69, 9.17) is 16.7 Å². The van der Waals surface area contributed by atoms with E-state index < -0.39 is 25.2 Å². The van der Waals surface area contributed by atoms with E-state index in [-0.39, 0.29) is 6.29 Å². The summed E-state index contributed by atoms with van der Waals surface area (Å²) < 4.78 is 6.77. The van der Waals surface area contributed by atoms with Gasteiger partial charge in [-0.3, -0.25) is 0 Å². The van der Waals surface area contributed by atoms with E-state index in [1.165, 1.54) is 0 Å². The molecular weight excluding hydrogens is 124 g/mol. The molecule has 3 N–H and O–H groups in total. The van der Waals surface area contributed by atoms with Crippen LogP contribution in [0.15, 0.2) is 0 Å². The summed E-state index contributed by atoms with van der Waals surface area (Å²) in [6.45, 7) is -0.648. The van der Waals surface area contributed by atoms with Crippen molar-refractivity contribution in [3.63, 3.8) is 0 Å². The van der Waals surface area contributed by atoms with Gasteiger partial charge in [0.15, 0.2) is 0 Å². The van der Waals surface area contributed by atoms with Crippen molar-refractivity contribution in [1.82, 2.24) is 0 Å². The molecule has 0 aromatic carbocycles. The van der Waals surface area contributed by atoms with Gasteiger partial charge >= 0.3 is 0 Å². The Morgan fingerprint density at radius 2 is 2.11 bits per heavy atom. The maximum absolute atomic E-state index is 9.83. The molecule has 4 heteroatoms. The Hall–Kier alpha value is -0.450. The van der Waals surface area contributed by atoms with Crippen molar-refractivity contribution in [3.8, 4) is 0 Å². The fourth-order valence-corrected chi connectivity index (χ4v) is 0.317. The molecule has 0 fully saturated rings. The maximum atomic E-state index is 9.83. The normalized spacial score (nSPS) is 21.9. The minimum atomic E-state index is -1.50. The third-order valence-electron chi connectivity index (χ3n) is 0.857. The first-order valence-electron chi connectivity index (χ1n) is 3.05. The largest absolute Gasteiger partial charge is 0.394 e. The molecule has 0 radical (unpaired) electrons. The summed E-state index contributed by atoms with van der Waals surface area (Å²) >= 11 is 0. The van der Waals surface area contributed by atoms with Crippen LogP contribution in [0.4, 0.5) is 0 Å². The van der Waals surface area contributed by atoms with Gasteiger partial charge in [-0.1, -0.05) is 0 Å². The molecule has 9 heavy (non-hydrogen) atoms. The van der Waals surface area contributed by atoms with E-state index in [1.54, 1.807) is 0 Å². The summed E-state index contributed by atoms with van der Waals surface area (Å²) in [5, 5.41) is 25.6. The minimum Gasteiger partial charge on any atom is -0.394 e. The smallest absolute Gasteiger partial charge is 0.122 e. The number of carbonyl (C=O) groups is 1. The summed E-state index contributed by atoms with van der Waals surface area (Å²) in [6, 6.07) is 0. The lowest BCUT2D eigenvalue weighted by atomic mass is 10.2. The van der Waals surface area contributed by atoms with E-state index in [9.17, 15) is 4.79 Å². The third-order valence-corrected chi connectivity index (χ3v) is 0.857. The SMILES string of the molecule is [2H][C@@H](C=O)[C@H](O)C(O)CO. The van der Waals surface area contributed by atoms with Gasteiger partial charge in [0.2, 0.25) is 0 Å². The Kier molecular flexibility index (Phi) is 3.28. The molecule has 0 rings (SSSR count). The molecule has 3 atom stereocenters. The quantitative estimate of drug-likeness (QED) is 0.401. The molecule has 0 aromatic heterocycles. The molecule has 0 aromatic rings. The van der Waals surface area contributed by atoms with Gasteiger partial charge in [-0.25, -0.2) is 0 Å². The van der Waals surface area contributed by atoms with E-state index in [1.807, 2.05) is 0 Å². The average molecular weight is 135 g/mol. The molecule has 54 valence electrons. The van der Waals surface area contributed by atoms with Crippen molar-refractivity contribution in [1.29, 1.82) is 0 Å². The molecule has 0 aliphatic rings. The van der Waals surface area contributed by atoms with Gasteiger partial charge in [0.1, 0.15) is 12.4 Å². The molecule has 0 aliphatic heterocycles. The first kappa shape index (κ1) is 6.67. The van der Waals surface area contributed by atoms with Crippen LogP contribution in [0.2, 0.25) is 0 Å². The Morgan fingerprint density at radius 3 is 2.44 bits per heavy atom. The molecule has 0 saturated heterocycles. The molecule has 0 aliphatic carbocycles. The van der Waals surface area contributed by atoms with Crippen molar-refractivity contribution in [2.75, 3.05) is 6.61 Å². The fourth-order valence-electron chi connectivity index (χ4n) is 0.317. The Balaban J connectivity index is 3.80. The lowest BCUT2D eigenvalue weighted by Crippen LogP contribution is -2.29. The van der Waals surface area contributed by atoms with Crippen LogP contribution in [-0.4, -0.2) is 40.4 Å². The van der Waals surface area contributed by atoms with Gasteiger partial charge in [-0.05, 0) is 0 Å². The van der Waals surface area contributed by atoms with Gasteiger partial charge in [0.25, 0.3) is 0 Å². The molecule has 0 spiro atoms. The van der Waals surface area contributed by atoms with Crippen LogP contribution in [0.5, 0.6) is 0 Å². The highest BCUT2D eigenvalue weighted by Crippen LogP contribution is 1.94. The summed E-state index contributed by atoms with van der Waals surface area (Å²) in [6.07, 6.45) is -4.10. The first-order valence-corrected chi connectivity index (χ1v) is 2.48. The highest BCUT2D eigenvalue weighted by Gasteiger charge is 2.13. The topological polar surface area (TPSA) is 77.8 Å². The lowest BCUT2D eigenvalue weighted by molar-refractivity contribution is -0.111. The zero-order chi connectivity index (χ0) is 8.15. The zero-order valence-electron chi connectivity index (χ0n) is 5.77. The number of rotatable bonds is 4. The van der Waals surface area contributed by atoms with Gasteiger partial charge in [-0.15, -0.1) is 0 Å². The van der Waals surface area contributed by atoms with Gasteiger partial charge in [0, 0.05) is 7.77 Å². The maximum Gasteiger partial charge on any atom is 0.122 e. The predicted octanol–water partition coefficient (Wildman–Crippen LogP) is -1.71.